The Hall–Kier alpha value is -1.95. The Balaban J connectivity index is 2.08. The van der Waals surface area contributed by atoms with Gasteiger partial charge < -0.3 is 16.0 Å². The van der Waals surface area contributed by atoms with Gasteiger partial charge in [0.25, 0.3) is 0 Å². The van der Waals surface area contributed by atoms with E-state index in [-0.39, 0.29) is 22.8 Å². The molecule has 0 aromatic heterocycles. The molecule has 0 spiro atoms. The Kier molecular flexibility index (Phi) is 4.34. The van der Waals surface area contributed by atoms with Crippen molar-refractivity contribution in [2.75, 3.05) is 10.6 Å². The van der Waals surface area contributed by atoms with Gasteiger partial charge in [0.05, 0.1) is 0 Å². The Morgan fingerprint density at radius 3 is 2.35 bits per heavy atom. The summed E-state index contributed by atoms with van der Waals surface area (Å²) in [6.45, 7) is 3.29. The summed E-state index contributed by atoms with van der Waals surface area (Å²) >= 11 is 5.02. The van der Waals surface area contributed by atoms with Crippen LogP contribution in [-0.2, 0) is 9.59 Å². The maximum Gasteiger partial charge on any atom is 0.227 e. The van der Waals surface area contributed by atoms with E-state index in [2.05, 4.69) is 16.0 Å². The number of hydrogen-bond donors (Lipinski definition) is 3. The van der Waals surface area contributed by atoms with Crippen molar-refractivity contribution in [3.05, 3.63) is 23.8 Å². The first-order valence-electron chi connectivity index (χ1n) is 6.46. The van der Waals surface area contributed by atoms with Crippen molar-refractivity contribution in [2.45, 2.75) is 26.7 Å². The highest BCUT2D eigenvalue weighted by Crippen LogP contribution is 2.31. The second-order valence-electron chi connectivity index (χ2n) is 4.88. The molecule has 106 valence electrons. The molecule has 1 fully saturated rings. The first-order chi connectivity index (χ1) is 9.47. The van der Waals surface area contributed by atoms with Gasteiger partial charge in [0, 0.05) is 24.2 Å². The molecule has 0 bridgehead atoms. The Morgan fingerprint density at radius 1 is 1.20 bits per heavy atom. The topological polar surface area (TPSA) is 70.2 Å². The van der Waals surface area contributed by atoms with Crippen LogP contribution in [-0.4, -0.2) is 16.9 Å². The van der Waals surface area contributed by atoms with Gasteiger partial charge in [-0.25, -0.2) is 0 Å². The highest BCUT2D eigenvalue weighted by molar-refractivity contribution is 7.80. The van der Waals surface area contributed by atoms with Gasteiger partial charge in [-0.2, -0.15) is 0 Å². The van der Waals surface area contributed by atoms with E-state index < -0.39 is 0 Å². The van der Waals surface area contributed by atoms with Gasteiger partial charge in [0.1, 0.15) is 0 Å². The molecule has 5 nitrogen and oxygen atoms in total. The normalized spacial score (nSPS) is 13.5. The third-order valence-corrected chi connectivity index (χ3v) is 3.28. The first kappa shape index (κ1) is 14.5. The summed E-state index contributed by atoms with van der Waals surface area (Å²) in [6.07, 6.45) is 1.94. The molecule has 2 rings (SSSR count). The minimum Gasteiger partial charge on any atom is -0.332 e. The summed E-state index contributed by atoms with van der Waals surface area (Å²) < 4.78 is 0. The zero-order valence-electron chi connectivity index (χ0n) is 11.4. The number of carbonyl (C=O) groups is 2. The number of carbonyl (C=O) groups excluding carboxylic acids is 2. The van der Waals surface area contributed by atoms with E-state index in [1.54, 1.807) is 0 Å². The molecule has 2 amide bonds. The molecular formula is C14H17N3O2S. The van der Waals surface area contributed by atoms with Crippen LogP contribution < -0.4 is 16.0 Å². The minimum absolute atomic E-state index is 0.0645. The highest BCUT2D eigenvalue weighted by Gasteiger charge is 2.29. The third-order valence-electron chi connectivity index (χ3n) is 3.08. The van der Waals surface area contributed by atoms with E-state index in [4.69, 9.17) is 12.2 Å². The number of nitrogens with one attached hydrogen (secondary N) is 3. The molecule has 0 heterocycles. The maximum atomic E-state index is 11.8. The van der Waals surface area contributed by atoms with Crippen LogP contribution in [0.1, 0.15) is 25.3 Å². The standard InChI is InChI=1S/C14H17N3O2S/c1-8-11(16-13(19)10-6-7-10)4-3-5-12(8)17-14(20)15-9(2)18/h3-5,10H,6-7H2,1-2H3,(H,16,19)(H2,15,17,18,20). The van der Waals surface area contributed by atoms with Crippen molar-refractivity contribution < 1.29 is 9.59 Å². The second-order valence-corrected chi connectivity index (χ2v) is 5.29. The largest absolute Gasteiger partial charge is 0.332 e. The van der Waals surface area contributed by atoms with E-state index in [0.717, 1.165) is 29.8 Å². The third kappa shape index (κ3) is 3.77. The van der Waals surface area contributed by atoms with E-state index in [9.17, 15) is 9.59 Å². The number of thiocarbonyl (C=S) groups is 1. The molecule has 0 atom stereocenters. The second kappa shape index (κ2) is 6.00. The molecule has 20 heavy (non-hydrogen) atoms. The molecule has 1 aliphatic carbocycles. The number of anilines is 2. The summed E-state index contributed by atoms with van der Waals surface area (Å²) in [7, 11) is 0. The minimum atomic E-state index is -0.224. The number of rotatable bonds is 3. The van der Waals surface area contributed by atoms with E-state index in [1.807, 2.05) is 25.1 Å². The predicted molar refractivity (Wildman–Crippen MR) is 82.6 cm³/mol. The molecule has 6 heteroatoms. The quantitative estimate of drug-likeness (QED) is 0.747. The van der Waals surface area contributed by atoms with Gasteiger partial charge in [0.2, 0.25) is 11.8 Å². The monoisotopic (exact) mass is 291 g/mol. The molecule has 0 saturated heterocycles. The molecule has 1 aliphatic rings. The van der Waals surface area contributed by atoms with Gasteiger partial charge in [-0.1, -0.05) is 6.07 Å². The molecule has 0 unspecified atom stereocenters. The van der Waals surface area contributed by atoms with E-state index in [0.29, 0.717) is 0 Å². The SMILES string of the molecule is CC(=O)NC(=S)Nc1cccc(NC(=O)C2CC2)c1C. The summed E-state index contributed by atoms with van der Waals surface area (Å²) in [6, 6.07) is 5.52. The van der Waals surface area contributed by atoms with Crippen LogP contribution in [0.2, 0.25) is 0 Å². The molecule has 1 aromatic rings. The van der Waals surface area contributed by atoms with Crippen LogP contribution in [0, 0.1) is 12.8 Å². The highest BCUT2D eigenvalue weighted by atomic mass is 32.1. The lowest BCUT2D eigenvalue weighted by Crippen LogP contribution is -2.32. The fourth-order valence-corrected chi connectivity index (χ4v) is 2.05. The average Bonchev–Trinajstić information content (AvgIpc) is 3.17. The predicted octanol–water partition coefficient (Wildman–Crippen LogP) is 2.18. The zero-order valence-corrected chi connectivity index (χ0v) is 12.3. The zero-order chi connectivity index (χ0) is 14.7. The smallest absolute Gasteiger partial charge is 0.227 e. The van der Waals surface area contributed by atoms with Crippen LogP contribution >= 0.6 is 12.2 Å². The summed E-state index contributed by atoms with van der Waals surface area (Å²) in [4.78, 5) is 22.7. The lowest BCUT2D eigenvalue weighted by atomic mass is 10.1. The van der Waals surface area contributed by atoms with Gasteiger partial charge in [0.15, 0.2) is 5.11 Å². The Morgan fingerprint density at radius 2 is 1.80 bits per heavy atom. The molecule has 0 radical (unpaired) electrons. The number of benzene rings is 1. The van der Waals surface area contributed by atoms with Gasteiger partial charge >= 0.3 is 0 Å². The fourth-order valence-electron chi connectivity index (χ4n) is 1.80. The molecule has 1 aromatic carbocycles. The summed E-state index contributed by atoms with van der Waals surface area (Å²) in [5.74, 6) is -0.000461. The Labute approximate surface area is 123 Å². The van der Waals surface area contributed by atoms with Crippen LogP contribution in [0.5, 0.6) is 0 Å². The van der Waals surface area contributed by atoms with Crippen molar-refractivity contribution in [1.82, 2.24) is 5.32 Å². The first-order valence-corrected chi connectivity index (χ1v) is 6.87. The molecule has 3 N–H and O–H groups in total. The van der Waals surface area contributed by atoms with Crippen LogP contribution in [0.4, 0.5) is 11.4 Å². The van der Waals surface area contributed by atoms with E-state index >= 15 is 0 Å². The van der Waals surface area contributed by atoms with Crippen LogP contribution in [0.25, 0.3) is 0 Å². The van der Waals surface area contributed by atoms with Crippen molar-refractivity contribution in [3.8, 4) is 0 Å². The number of hydrogen-bond acceptors (Lipinski definition) is 3. The van der Waals surface area contributed by atoms with Crippen LogP contribution in [0.3, 0.4) is 0 Å². The van der Waals surface area contributed by atoms with Gasteiger partial charge in [-0.15, -0.1) is 0 Å². The number of amides is 2. The summed E-state index contributed by atoms with van der Waals surface area (Å²) in [5.41, 5.74) is 2.41. The lowest BCUT2D eigenvalue weighted by Gasteiger charge is -2.14. The van der Waals surface area contributed by atoms with Crippen molar-refractivity contribution in [2.24, 2.45) is 5.92 Å². The van der Waals surface area contributed by atoms with Crippen molar-refractivity contribution >= 4 is 40.5 Å². The van der Waals surface area contributed by atoms with Crippen LogP contribution in [0.15, 0.2) is 18.2 Å². The molecule has 0 aliphatic heterocycles. The van der Waals surface area contributed by atoms with Gasteiger partial charge in [-0.05, 0) is 49.7 Å². The lowest BCUT2D eigenvalue weighted by molar-refractivity contribution is -0.118. The van der Waals surface area contributed by atoms with Crippen molar-refractivity contribution in [1.29, 1.82) is 0 Å². The average molecular weight is 291 g/mol. The van der Waals surface area contributed by atoms with Crippen molar-refractivity contribution in [3.63, 3.8) is 0 Å². The van der Waals surface area contributed by atoms with Gasteiger partial charge in [-0.3, -0.25) is 9.59 Å². The fraction of sp³-hybridized carbons (Fsp3) is 0.357. The maximum absolute atomic E-state index is 11.8. The molecular weight excluding hydrogens is 274 g/mol. The summed E-state index contributed by atoms with van der Waals surface area (Å²) in [5, 5.41) is 8.61. The Bertz CT molecular complexity index is 568. The van der Waals surface area contributed by atoms with E-state index in [1.165, 1.54) is 6.92 Å². The molecule has 1 saturated carbocycles.